The highest BCUT2D eigenvalue weighted by molar-refractivity contribution is 5.89. The summed E-state index contributed by atoms with van der Waals surface area (Å²) in [5, 5.41) is 10.3. The van der Waals surface area contributed by atoms with E-state index in [0.29, 0.717) is 41.8 Å². The van der Waals surface area contributed by atoms with Gasteiger partial charge >= 0.3 is 6.01 Å². The maximum atomic E-state index is 12.1. The number of anilines is 1. The molecular formula is C21H23N3O6. The Hall–Kier alpha value is -3.75. The number of rotatable bonds is 10. The number of carbonyl (C=O) groups excluding carboxylic acids is 1. The lowest BCUT2D eigenvalue weighted by atomic mass is 10.2. The van der Waals surface area contributed by atoms with Gasteiger partial charge in [-0.15, -0.1) is 5.10 Å². The first-order chi connectivity index (χ1) is 14.6. The van der Waals surface area contributed by atoms with E-state index >= 15 is 0 Å². The quantitative estimate of drug-likeness (QED) is 0.538. The van der Waals surface area contributed by atoms with E-state index in [1.165, 1.54) is 0 Å². The van der Waals surface area contributed by atoms with Crippen molar-refractivity contribution in [3.63, 3.8) is 0 Å². The average molecular weight is 413 g/mol. The van der Waals surface area contributed by atoms with Crippen molar-refractivity contribution in [2.45, 2.75) is 13.8 Å². The van der Waals surface area contributed by atoms with Crippen LogP contribution in [-0.4, -0.2) is 43.0 Å². The number of methoxy groups -OCH3 is 1. The normalized spacial score (nSPS) is 10.4. The molecule has 1 N–H and O–H groups in total. The van der Waals surface area contributed by atoms with Crippen molar-refractivity contribution in [1.29, 1.82) is 0 Å². The Labute approximate surface area is 173 Å². The molecule has 9 nitrogen and oxygen atoms in total. The molecule has 2 aromatic carbocycles. The molecule has 0 unspecified atom stereocenters. The van der Waals surface area contributed by atoms with E-state index < -0.39 is 5.91 Å². The SMILES string of the molecule is CCOc1ccc(-c2nnc(NC(=O)COc3ccc(OC)cc3)o2)cc1OCC. The van der Waals surface area contributed by atoms with Crippen LogP contribution in [0.3, 0.4) is 0 Å². The van der Waals surface area contributed by atoms with Crippen LogP contribution >= 0.6 is 0 Å². The largest absolute Gasteiger partial charge is 0.497 e. The van der Waals surface area contributed by atoms with Gasteiger partial charge in [0.05, 0.1) is 20.3 Å². The molecule has 0 aliphatic rings. The van der Waals surface area contributed by atoms with E-state index in [2.05, 4.69) is 15.5 Å². The number of ether oxygens (including phenoxy) is 4. The molecule has 158 valence electrons. The molecule has 1 amide bonds. The number of nitrogens with one attached hydrogen (secondary N) is 1. The van der Waals surface area contributed by atoms with Gasteiger partial charge in [0.2, 0.25) is 5.89 Å². The molecule has 30 heavy (non-hydrogen) atoms. The fraction of sp³-hybridized carbons (Fsp3) is 0.286. The van der Waals surface area contributed by atoms with Crippen LogP contribution in [0.5, 0.6) is 23.0 Å². The van der Waals surface area contributed by atoms with Crippen molar-refractivity contribution in [3.8, 4) is 34.5 Å². The van der Waals surface area contributed by atoms with Gasteiger partial charge < -0.3 is 23.4 Å². The van der Waals surface area contributed by atoms with Crippen LogP contribution in [0, 0.1) is 0 Å². The molecule has 0 aliphatic heterocycles. The molecule has 0 atom stereocenters. The molecule has 0 aliphatic carbocycles. The molecule has 1 aromatic heterocycles. The monoisotopic (exact) mass is 413 g/mol. The fourth-order valence-electron chi connectivity index (χ4n) is 2.55. The van der Waals surface area contributed by atoms with Crippen molar-refractivity contribution < 1.29 is 28.2 Å². The van der Waals surface area contributed by atoms with Crippen LogP contribution in [0.2, 0.25) is 0 Å². The number of carbonyl (C=O) groups is 1. The average Bonchev–Trinajstić information content (AvgIpc) is 3.22. The standard InChI is InChI=1S/C21H23N3O6/c1-4-27-17-11-6-14(12-18(17)28-5-2)20-23-24-21(30-20)22-19(25)13-29-16-9-7-15(26-3)8-10-16/h6-12H,4-5,13H2,1-3H3,(H,22,24,25). The van der Waals surface area contributed by atoms with Gasteiger partial charge in [-0.1, -0.05) is 5.10 Å². The number of aromatic nitrogens is 2. The van der Waals surface area contributed by atoms with Crippen molar-refractivity contribution in [3.05, 3.63) is 42.5 Å². The van der Waals surface area contributed by atoms with Gasteiger partial charge in [-0.2, -0.15) is 0 Å². The van der Waals surface area contributed by atoms with E-state index in [-0.39, 0.29) is 18.5 Å². The van der Waals surface area contributed by atoms with Crippen LogP contribution in [0.4, 0.5) is 6.01 Å². The summed E-state index contributed by atoms with van der Waals surface area (Å²) in [7, 11) is 1.58. The third-order valence-corrected chi connectivity index (χ3v) is 3.89. The Morgan fingerprint density at radius 3 is 2.33 bits per heavy atom. The molecule has 0 fully saturated rings. The third kappa shape index (κ3) is 5.40. The molecule has 9 heteroatoms. The van der Waals surface area contributed by atoms with Gasteiger partial charge in [0.15, 0.2) is 18.1 Å². The first-order valence-corrected chi connectivity index (χ1v) is 9.43. The Balaban J connectivity index is 1.61. The number of nitrogens with zero attached hydrogens (tertiary/aromatic N) is 2. The second-order valence-corrected chi connectivity index (χ2v) is 5.95. The number of hydrogen-bond acceptors (Lipinski definition) is 8. The highest BCUT2D eigenvalue weighted by atomic mass is 16.5. The number of benzene rings is 2. The summed E-state index contributed by atoms with van der Waals surface area (Å²) >= 11 is 0. The highest BCUT2D eigenvalue weighted by Gasteiger charge is 2.14. The summed E-state index contributed by atoms with van der Waals surface area (Å²) in [5.41, 5.74) is 0.643. The van der Waals surface area contributed by atoms with E-state index in [1.54, 1.807) is 49.6 Å². The lowest BCUT2D eigenvalue weighted by Gasteiger charge is -2.11. The zero-order valence-electron chi connectivity index (χ0n) is 17.0. The van der Waals surface area contributed by atoms with E-state index in [9.17, 15) is 4.79 Å². The smallest absolute Gasteiger partial charge is 0.322 e. The van der Waals surface area contributed by atoms with Gasteiger partial charge in [0.25, 0.3) is 5.91 Å². The topological polar surface area (TPSA) is 105 Å². The predicted molar refractivity (Wildman–Crippen MR) is 109 cm³/mol. The second-order valence-electron chi connectivity index (χ2n) is 5.95. The molecule has 0 saturated carbocycles. The summed E-state index contributed by atoms with van der Waals surface area (Å²) in [4.78, 5) is 12.1. The van der Waals surface area contributed by atoms with Gasteiger partial charge in [0.1, 0.15) is 11.5 Å². The molecule has 0 radical (unpaired) electrons. The zero-order chi connectivity index (χ0) is 21.3. The number of amides is 1. The van der Waals surface area contributed by atoms with Crippen molar-refractivity contribution in [2.24, 2.45) is 0 Å². The Morgan fingerprint density at radius 2 is 1.63 bits per heavy atom. The molecule has 3 rings (SSSR count). The van der Waals surface area contributed by atoms with Crippen LogP contribution in [-0.2, 0) is 4.79 Å². The van der Waals surface area contributed by atoms with E-state index in [0.717, 1.165) is 0 Å². The summed E-state index contributed by atoms with van der Waals surface area (Å²) in [5.74, 6) is 2.26. The Morgan fingerprint density at radius 1 is 0.933 bits per heavy atom. The van der Waals surface area contributed by atoms with Crippen LogP contribution in [0.25, 0.3) is 11.5 Å². The Bertz CT molecular complexity index is 971. The molecule has 0 spiro atoms. The Kier molecular flexibility index (Phi) is 7.09. The molecular weight excluding hydrogens is 390 g/mol. The van der Waals surface area contributed by atoms with Crippen molar-refractivity contribution in [2.75, 3.05) is 32.2 Å². The molecule has 0 saturated heterocycles. The molecule has 3 aromatic rings. The number of hydrogen-bond donors (Lipinski definition) is 1. The summed E-state index contributed by atoms with van der Waals surface area (Å²) in [6, 6.07) is 12.2. The van der Waals surface area contributed by atoms with Crippen molar-refractivity contribution in [1.82, 2.24) is 10.2 Å². The second kappa shape index (κ2) is 10.1. The molecule has 1 heterocycles. The molecule has 0 bridgehead atoms. The first-order valence-electron chi connectivity index (χ1n) is 9.43. The first kappa shape index (κ1) is 21.0. The lowest BCUT2D eigenvalue weighted by molar-refractivity contribution is -0.118. The minimum atomic E-state index is -0.428. The summed E-state index contributed by atoms with van der Waals surface area (Å²) in [6.45, 7) is 4.59. The van der Waals surface area contributed by atoms with Gasteiger partial charge in [0, 0.05) is 5.56 Å². The lowest BCUT2D eigenvalue weighted by Crippen LogP contribution is -2.20. The summed E-state index contributed by atoms with van der Waals surface area (Å²) in [6.07, 6.45) is 0. The van der Waals surface area contributed by atoms with E-state index in [1.807, 2.05) is 13.8 Å². The van der Waals surface area contributed by atoms with Crippen LogP contribution < -0.4 is 24.3 Å². The minimum Gasteiger partial charge on any atom is -0.497 e. The predicted octanol–water partition coefficient (Wildman–Crippen LogP) is 3.56. The van der Waals surface area contributed by atoms with Gasteiger partial charge in [-0.25, -0.2) is 0 Å². The van der Waals surface area contributed by atoms with Gasteiger partial charge in [-0.05, 0) is 56.3 Å². The minimum absolute atomic E-state index is 0.0276. The van der Waals surface area contributed by atoms with Crippen LogP contribution in [0.1, 0.15) is 13.8 Å². The van der Waals surface area contributed by atoms with Crippen LogP contribution in [0.15, 0.2) is 46.9 Å². The van der Waals surface area contributed by atoms with Crippen molar-refractivity contribution >= 4 is 11.9 Å². The summed E-state index contributed by atoms with van der Waals surface area (Å²) < 4.78 is 27.2. The van der Waals surface area contributed by atoms with Gasteiger partial charge in [-0.3, -0.25) is 10.1 Å². The highest BCUT2D eigenvalue weighted by Crippen LogP contribution is 2.32. The zero-order valence-corrected chi connectivity index (χ0v) is 17.0. The maximum Gasteiger partial charge on any atom is 0.322 e. The van der Waals surface area contributed by atoms with E-state index in [4.69, 9.17) is 23.4 Å². The fourth-order valence-corrected chi connectivity index (χ4v) is 2.55. The third-order valence-electron chi connectivity index (χ3n) is 3.89. The maximum absolute atomic E-state index is 12.1.